The molecule has 0 saturated heterocycles. The normalized spacial score (nSPS) is 11.3. The Balaban J connectivity index is -0.000000105. The summed E-state index contributed by atoms with van der Waals surface area (Å²) in [6, 6.07) is 0. The van der Waals surface area contributed by atoms with Gasteiger partial charge in [0.2, 0.25) is 0 Å². The minimum Gasteiger partial charge on any atom is -0.386 e. The molecular weight excluding hydrogens is 1790 g/mol. The topological polar surface area (TPSA) is 119 Å². The Morgan fingerprint density at radius 3 is 0.650 bits per heavy atom. The van der Waals surface area contributed by atoms with Gasteiger partial charge in [-0.2, -0.15) is 43.9 Å². The average molecular weight is 2040 g/mol. The molecule has 0 saturated carbocycles. The zero-order valence-electron chi connectivity index (χ0n) is 97.9. The van der Waals surface area contributed by atoms with Crippen LogP contribution in [0, 0.1) is 11.8 Å². The Kier molecular flexibility index (Phi) is 184. The number of alkyl halides is 10. The molecule has 2 atom stereocenters. The molecule has 0 aromatic heterocycles. The Labute approximate surface area is 866 Å². The minimum atomic E-state index is -6.20. The zero-order valence-corrected chi connectivity index (χ0v) is 97.9. The molecule has 0 radical (unpaired) electrons. The summed E-state index contributed by atoms with van der Waals surface area (Å²) in [6.07, 6.45) is 89.7. The maximum Gasteiger partial charge on any atom is 0.459 e. The summed E-state index contributed by atoms with van der Waals surface area (Å²) in [5.41, 5.74) is 1.25. The first-order chi connectivity index (χ1) is 66.7. The fraction of sp³-hybridized carbons (Fsp3) is 0.900. The fourth-order valence-electron chi connectivity index (χ4n) is 11.3. The third-order valence-corrected chi connectivity index (χ3v) is 21.3. The van der Waals surface area contributed by atoms with Crippen LogP contribution in [0.2, 0.25) is 0 Å². The van der Waals surface area contributed by atoms with Gasteiger partial charge in [-0.3, -0.25) is 9.59 Å². The molecule has 140 heavy (non-hydrogen) atoms. The quantitative estimate of drug-likeness (QED) is 0.0273. The number of rotatable bonds is 80. The Hall–Kier alpha value is -2.98. The number of halogens is 10. The Bertz CT molecular complexity index is 2120. The number of carbonyl (C=O) groups is 2. The molecule has 0 bridgehead atoms. The Morgan fingerprint density at radius 1 is 0.314 bits per heavy atom. The number of ketones is 2. The van der Waals surface area contributed by atoms with Crippen LogP contribution in [0.25, 0.3) is 0 Å². The van der Waals surface area contributed by atoms with Gasteiger partial charge in [0.15, 0.2) is 5.78 Å². The van der Waals surface area contributed by atoms with E-state index in [-0.39, 0.29) is 24.4 Å². The van der Waals surface area contributed by atoms with Crippen molar-refractivity contribution in [3.05, 3.63) is 61.3 Å². The van der Waals surface area contributed by atoms with Crippen LogP contribution in [0.15, 0.2) is 61.3 Å². The van der Waals surface area contributed by atoms with Crippen molar-refractivity contribution >= 4 is 11.6 Å². The van der Waals surface area contributed by atoms with E-state index in [2.05, 4.69) is 160 Å². The van der Waals surface area contributed by atoms with Gasteiger partial charge in [0, 0.05) is 59.9 Å². The predicted molar refractivity (Wildman–Crippen MR) is 598 cm³/mol. The Morgan fingerprint density at radius 2 is 0.507 bits per heavy atom. The number of ether oxygens (including phenoxy) is 7. The highest BCUT2D eigenvalue weighted by atomic mass is 19.4. The van der Waals surface area contributed by atoms with Crippen LogP contribution < -0.4 is 0 Å². The highest BCUT2D eigenvalue weighted by Crippen LogP contribution is 2.46. The van der Waals surface area contributed by atoms with Gasteiger partial charge in [-0.25, -0.2) is 0 Å². The molecular formula is C120H244F10O10. The second-order valence-corrected chi connectivity index (χ2v) is 36.9. The van der Waals surface area contributed by atoms with Crippen LogP contribution >= 0.6 is 0 Å². The van der Waals surface area contributed by atoms with Gasteiger partial charge in [-0.1, -0.05) is 481 Å². The summed E-state index contributed by atoms with van der Waals surface area (Å²) in [5.74, 6) is -9.80. The summed E-state index contributed by atoms with van der Waals surface area (Å²) in [4.78, 5) is 20.0. The summed E-state index contributed by atoms with van der Waals surface area (Å²) in [6.45, 7) is 65.7. The smallest absolute Gasteiger partial charge is 0.386 e. The van der Waals surface area contributed by atoms with E-state index < -0.39 is 37.2 Å². The molecule has 0 aliphatic rings. The van der Waals surface area contributed by atoms with Gasteiger partial charge in [0.05, 0.1) is 52.9 Å². The molecule has 20 heteroatoms. The second kappa shape index (κ2) is 154. The van der Waals surface area contributed by atoms with Gasteiger partial charge in [0.25, 0.3) is 0 Å². The molecule has 0 heterocycles. The van der Waals surface area contributed by atoms with Crippen molar-refractivity contribution in [3.63, 3.8) is 0 Å². The average Bonchev–Trinajstić information content (AvgIpc) is 0.791. The number of hydrogen-bond acceptors (Lipinski definition) is 10. The first kappa shape index (κ1) is 168. The highest BCUT2D eigenvalue weighted by molar-refractivity contribution is 5.79. The lowest BCUT2D eigenvalue weighted by molar-refractivity contribution is -0.349. The molecule has 2 unspecified atom stereocenters. The summed E-state index contributed by atoms with van der Waals surface area (Å²) in [7, 11) is 1.71. The third kappa shape index (κ3) is 216. The van der Waals surface area contributed by atoms with Crippen molar-refractivity contribution in [2.75, 3.05) is 93.0 Å². The number of carbonyl (C=O) groups excluding carboxylic acids is 2. The lowest BCUT2D eigenvalue weighted by Crippen LogP contribution is -2.50. The molecule has 0 rings (SSSR count). The fourth-order valence-corrected chi connectivity index (χ4v) is 11.3. The van der Waals surface area contributed by atoms with Crippen LogP contribution in [-0.2, 0) is 42.7 Å². The van der Waals surface area contributed by atoms with E-state index in [0.29, 0.717) is 52.9 Å². The molecule has 1 N–H and O–H groups in total. The number of Topliss-reactive ketones (excluding diaryl/α,β-unsaturated/α-hetero) is 2. The van der Waals surface area contributed by atoms with Gasteiger partial charge in [-0.15, -0.1) is 13.2 Å². The lowest BCUT2D eigenvalue weighted by atomic mass is 10.0. The molecule has 0 fully saturated rings. The molecule has 0 aromatic carbocycles. The lowest BCUT2D eigenvalue weighted by Gasteiger charge is -2.24. The minimum absolute atomic E-state index is 0.185. The summed E-state index contributed by atoms with van der Waals surface area (Å²) >= 11 is 0. The van der Waals surface area contributed by atoms with Crippen molar-refractivity contribution in [2.24, 2.45) is 11.8 Å². The first-order valence-corrected chi connectivity index (χ1v) is 57.4. The number of allylic oxidation sites excluding steroid dienone is 8. The van der Waals surface area contributed by atoms with E-state index in [0.717, 1.165) is 71.1 Å². The molecule has 10 nitrogen and oxygen atoms in total. The van der Waals surface area contributed by atoms with Crippen LogP contribution in [0.5, 0.6) is 0 Å². The van der Waals surface area contributed by atoms with E-state index in [1.807, 2.05) is 40.7 Å². The van der Waals surface area contributed by atoms with Crippen LogP contribution in [-0.4, -0.2) is 140 Å². The maximum atomic E-state index is 11.6. The zero-order chi connectivity index (χ0) is 110. The number of unbranched alkanes of at least 4 members (excludes halogenated alkanes) is 47. The van der Waals surface area contributed by atoms with E-state index in [1.54, 1.807) is 14.0 Å². The van der Waals surface area contributed by atoms with Crippen molar-refractivity contribution < 1.29 is 91.8 Å². The molecule has 0 aliphatic carbocycles. The predicted octanol–water partition coefficient (Wildman–Crippen LogP) is 42.4. The van der Waals surface area contributed by atoms with Crippen LogP contribution in [0.4, 0.5) is 43.9 Å². The standard InChI is InChI=1S/C19H40.C19H38.C19H36.C13H28O5.C9H20.C8H18.C5H10O.C5H12O.C5H10.C4H3F7.C4H8O2.C4H10O.C4H8.C2H3F3/c3*1-3-5-7-9-11-13-15-17-19-18-16-14-12-10-8-6-4-2;1-3-5-15-8-9-17-12-13-18-11-10-16-7-6-14-4-2;1-3-5-7-9-8-6-4-2;1-4-6-7-8(3)5-2;1-4(2)5(3)6;1-3-5-6-4-2;1-4-5(2)3;1-2(5,6)3(7,8)4(9,10)11;1-3(5)4(2)6;1-3-4-5-2;1-3-4-2;1-2(3,4)5/h3-19H2,1-2H3;17,19H,3-16,18H2,1-2H3;15,17-19H,3-14,16H2,1-2H3;3-13H2,1-2H3;3-9H2,1-2H3;8H,4-7H2,1-3H3;4H,1-3H3;3-5H2,1-2H3;2,4H2,1,3H3;1H3;3,5H,1-2H3;3-4H2,1-2H3;3H,1,4H2,2H3;1H3/b;19-17+;17-15+,19-18+;;;;;;;;;;;. The van der Waals surface area contributed by atoms with E-state index >= 15 is 0 Å². The van der Waals surface area contributed by atoms with Crippen LogP contribution in [0.1, 0.15) is 572 Å². The monoisotopic (exact) mass is 2040 g/mol. The molecule has 0 aromatic rings. The summed E-state index contributed by atoms with van der Waals surface area (Å²) < 4.78 is 147. The van der Waals surface area contributed by atoms with E-state index in [9.17, 15) is 53.5 Å². The highest BCUT2D eigenvalue weighted by Gasteiger charge is 2.70. The molecule has 0 aliphatic heterocycles. The van der Waals surface area contributed by atoms with Gasteiger partial charge in [0.1, 0.15) is 11.9 Å². The van der Waals surface area contributed by atoms with E-state index in [1.165, 1.54) is 379 Å². The number of hydrogen-bond donors (Lipinski definition) is 1. The third-order valence-electron chi connectivity index (χ3n) is 21.3. The van der Waals surface area contributed by atoms with Gasteiger partial charge in [-0.05, 0) is 131 Å². The van der Waals surface area contributed by atoms with Gasteiger partial charge < -0.3 is 38.3 Å². The number of methoxy groups -OCH3 is 1. The van der Waals surface area contributed by atoms with E-state index in [4.69, 9.17) is 38.3 Å². The van der Waals surface area contributed by atoms with Gasteiger partial charge >= 0.3 is 24.2 Å². The first-order valence-electron chi connectivity index (χ1n) is 57.4. The van der Waals surface area contributed by atoms with Crippen molar-refractivity contribution in [1.82, 2.24) is 0 Å². The summed E-state index contributed by atoms with van der Waals surface area (Å²) in [5, 5.41) is 8.28. The van der Waals surface area contributed by atoms with Crippen LogP contribution in [0.3, 0.4) is 0 Å². The number of aliphatic hydroxyl groups excluding tert-OH is 1. The van der Waals surface area contributed by atoms with Crippen molar-refractivity contribution in [3.8, 4) is 0 Å². The molecule has 0 spiro atoms. The molecule has 854 valence electrons. The van der Waals surface area contributed by atoms with Crippen molar-refractivity contribution in [1.29, 1.82) is 0 Å². The van der Waals surface area contributed by atoms with Crippen molar-refractivity contribution in [2.45, 2.75) is 602 Å². The maximum absolute atomic E-state index is 11.6. The molecule has 0 amide bonds. The second-order valence-electron chi connectivity index (χ2n) is 36.9. The SMILES string of the molecule is C=C(C)CC.C=CCC.CC(=O)C(C)C.CC(=O)C(C)O.CC(F)(F)C(F)(F)C(F)(F)F.CC(F)(F)F.CCCCC(C)CC.CCCCCCC/C=C/C=C/CCCCCCCC.CCCCCCCC/C=C/CCCCCCCCC.CCCCCCCCC.CCCCCCCCCCCCCCCCCCC.CCCOC.CCCOCC.CCCOCCOCCOCCOCCOCC. The number of aliphatic hydroxyl groups is 1. The largest absolute Gasteiger partial charge is 0.459 e.